The predicted octanol–water partition coefficient (Wildman–Crippen LogP) is 7.27. The Bertz CT molecular complexity index is 907. The third-order valence-corrected chi connectivity index (χ3v) is 6.32. The highest BCUT2D eigenvalue weighted by Crippen LogP contribution is 2.40. The van der Waals surface area contributed by atoms with Crippen LogP contribution in [0.2, 0.25) is 10.0 Å². The van der Waals surface area contributed by atoms with E-state index in [0.29, 0.717) is 22.4 Å². The lowest BCUT2D eigenvalue weighted by atomic mass is 9.83. The highest BCUT2D eigenvalue weighted by Gasteiger charge is 2.31. The van der Waals surface area contributed by atoms with Gasteiger partial charge in [-0.1, -0.05) is 56.8 Å². The second-order valence-electron chi connectivity index (χ2n) is 8.01. The fourth-order valence-corrected chi connectivity index (χ4v) is 4.55. The highest BCUT2D eigenvalue weighted by atomic mass is 35.5. The number of carbonyl (C=O) groups excluding carboxylic acids is 1. The van der Waals surface area contributed by atoms with Gasteiger partial charge in [-0.15, -0.1) is 0 Å². The van der Waals surface area contributed by atoms with E-state index >= 15 is 0 Å². The molecule has 3 nitrogen and oxygen atoms in total. The first kappa shape index (κ1) is 21.9. The third kappa shape index (κ3) is 4.67. The second-order valence-corrected chi connectivity index (χ2v) is 8.88. The highest BCUT2D eigenvalue weighted by molar-refractivity contribution is 6.35. The number of Topliss-reactive ketones (excluding diaryl/α,β-unsaturated/α-hetero) is 1. The number of ketones is 1. The summed E-state index contributed by atoms with van der Waals surface area (Å²) in [6, 6.07) is 5.43. The van der Waals surface area contributed by atoms with E-state index in [4.69, 9.17) is 23.2 Å². The maximum Gasteiger partial charge on any atom is 0.164 e. The minimum absolute atomic E-state index is 0.0548. The van der Waals surface area contributed by atoms with Gasteiger partial charge in [0.1, 0.15) is 0 Å². The van der Waals surface area contributed by atoms with Gasteiger partial charge >= 0.3 is 0 Å². The smallest absolute Gasteiger partial charge is 0.164 e. The molecule has 0 fully saturated rings. The molecule has 0 saturated heterocycles. The topological polar surface area (TPSA) is 32.7 Å². The quantitative estimate of drug-likeness (QED) is 0.474. The molecule has 0 saturated carbocycles. The Kier molecular flexibility index (Phi) is 7.02. The lowest BCUT2D eigenvalue weighted by Crippen LogP contribution is -2.25. The van der Waals surface area contributed by atoms with Crippen molar-refractivity contribution in [3.63, 3.8) is 0 Å². The molecule has 154 valence electrons. The van der Waals surface area contributed by atoms with Crippen molar-refractivity contribution < 1.29 is 4.79 Å². The van der Waals surface area contributed by atoms with Crippen LogP contribution in [-0.4, -0.2) is 17.0 Å². The molecule has 0 amide bonds. The fourth-order valence-electron chi connectivity index (χ4n) is 4.03. The standard InChI is InChI=1S/C24H28Cl2N2O/c1-5-7-15(2)17(4)24(29)21-10-9-16(3)22-8-6-11-27-28(22)23(21)18-12-19(25)14-20(26)13-18/h6,8,11-15,17H,5,7,9-10H2,1-4H3. The van der Waals surface area contributed by atoms with Gasteiger partial charge in [0.2, 0.25) is 0 Å². The molecule has 1 aromatic carbocycles. The predicted molar refractivity (Wildman–Crippen MR) is 123 cm³/mol. The average molecular weight is 431 g/mol. The normalized spacial score (nSPS) is 18.6. The van der Waals surface area contributed by atoms with Gasteiger partial charge in [-0.2, -0.15) is 5.10 Å². The van der Waals surface area contributed by atoms with Gasteiger partial charge in [-0.25, -0.2) is 5.01 Å². The zero-order valence-electron chi connectivity index (χ0n) is 17.5. The Morgan fingerprint density at radius 2 is 1.86 bits per heavy atom. The van der Waals surface area contributed by atoms with Crippen LogP contribution in [0.5, 0.6) is 0 Å². The third-order valence-electron chi connectivity index (χ3n) is 5.88. The first-order valence-electron chi connectivity index (χ1n) is 10.3. The number of fused-ring (bicyclic) bond motifs is 1. The molecule has 2 atom stereocenters. The molecule has 29 heavy (non-hydrogen) atoms. The van der Waals surface area contributed by atoms with Gasteiger partial charge < -0.3 is 0 Å². The lowest BCUT2D eigenvalue weighted by Gasteiger charge is -2.28. The molecule has 0 N–H and O–H groups in total. The fraction of sp³-hybridized carbons (Fsp3) is 0.417. The average Bonchev–Trinajstić information content (AvgIpc) is 2.83. The van der Waals surface area contributed by atoms with Gasteiger partial charge in [0.05, 0.1) is 11.4 Å². The summed E-state index contributed by atoms with van der Waals surface area (Å²) in [7, 11) is 0. The van der Waals surface area contributed by atoms with E-state index in [-0.39, 0.29) is 11.7 Å². The van der Waals surface area contributed by atoms with Crippen molar-refractivity contribution in [1.29, 1.82) is 0 Å². The van der Waals surface area contributed by atoms with Crippen LogP contribution in [0.25, 0.3) is 5.70 Å². The zero-order chi connectivity index (χ0) is 21.1. The molecule has 2 unspecified atom stereocenters. The molecule has 0 aliphatic carbocycles. The van der Waals surface area contributed by atoms with Gasteiger partial charge in [-0.05, 0) is 61.6 Å². The zero-order valence-corrected chi connectivity index (χ0v) is 19.0. The van der Waals surface area contributed by atoms with Crippen LogP contribution >= 0.6 is 23.2 Å². The number of carbonyl (C=O) groups is 1. The number of hydrazone groups is 1. The van der Waals surface area contributed by atoms with E-state index in [1.807, 2.05) is 36.2 Å². The summed E-state index contributed by atoms with van der Waals surface area (Å²) in [6.07, 6.45) is 9.32. The molecule has 2 heterocycles. The molecule has 5 heteroatoms. The van der Waals surface area contributed by atoms with Crippen molar-refractivity contribution in [3.8, 4) is 0 Å². The van der Waals surface area contributed by atoms with Crippen molar-refractivity contribution in [3.05, 3.63) is 62.8 Å². The monoisotopic (exact) mass is 430 g/mol. The van der Waals surface area contributed by atoms with E-state index in [1.165, 1.54) is 5.57 Å². The maximum absolute atomic E-state index is 13.7. The van der Waals surface area contributed by atoms with E-state index < -0.39 is 0 Å². The molecule has 1 aromatic rings. The van der Waals surface area contributed by atoms with Crippen molar-refractivity contribution in [2.45, 2.75) is 53.4 Å². The van der Waals surface area contributed by atoms with Gasteiger partial charge in [0, 0.05) is 33.3 Å². The van der Waals surface area contributed by atoms with E-state index in [0.717, 1.165) is 41.8 Å². The Balaban J connectivity index is 2.19. The first-order valence-corrected chi connectivity index (χ1v) is 11.0. The largest absolute Gasteiger partial charge is 0.294 e. The minimum atomic E-state index is -0.0548. The van der Waals surface area contributed by atoms with Gasteiger partial charge in [0.15, 0.2) is 5.78 Å². The van der Waals surface area contributed by atoms with Crippen LogP contribution in [0.3, 0.4) is 0 Å². The van der Waals surface area contributed by atoms with E-state index in [1.54, 1.807) is 12.3 Å². The molecule has 2 aliphatic rings. The van der Waals surface area contributed by atoms with Crippen molar-refractivity contribution in [2.75, 3.05) is 0 Å². The number of allylic oxidation sites excluding steroid dienone is 4. The number of nitrogens with zero attached hydrogens (tertiary/aromatic N) is 2. The Morgan fingerprint density at radius 3 is 2.52 bits per heavy atom. The molecular weight excluding hydrogens is 403 g/mol. The minimum Gasteiger partial charge on any atom is -0.294 e. The van der Waals surface area contributed by atoms with Crippen LogP contribution in [0.15, 0.2) is 52.3 Å². The Labute approximate surface area is 183 Å². The van der Waals surface area contributed by atoms with Crippen LogP contribution in [-0.2, 0) is 4.79 Å². The van der Waals surface area contributed by atoms with E-state index in [9.17, 15) is 4.79 Å². The molecule has 2 aliphatic heterocycles. The van der Waals surface area contributed by atoms with E-state index in [2.05, 4.69) is 25.9 Å². The molecular formula is C24H28Cl2N2O. The lowest BCUT2D eigenvalue weighted by molar-refractivity contribution is -0.120. The van der Waals surface area contributed by atoms with Crippen molar-refractivity contribution >= 4 is 40.9 Å². The summed E-state index contributed by atoms with van der Waals surface area (Å²) in [5.74, 6) is 0.461. The molecule has 0 bridgehead atoms. The molecule has 3 rings (SSSR count). The summed E-state index contributed by atoms with van der Waals surface area (Å²) >= 11 is 12.6. The van der Waals surface area contributed by atoms with Crippen molar-refractivity contribution in [1.82, 2.24) is 5.01 Å². The molecule has 0 spiro atoms. The summed E-state index contributed by atoms with van der Waals surface area (Å²) < 4.78 is 0. The molecule has 0 aromatic heterocycles. The maximum atomic E-state index is 13.7. The number of benzene rings is 1. The Morgan fingerprint density at radius 1 is 1.17 bits per heavy atom. The van der Waals surface area contributed by atoms with Gasteiger partial charge in [0.25, 0.3) is 0 Å². The Hall–Kier alpha value is -1.84. The summed E-state index contributed by atoms with van der Waals surface area (Å²) in [5.41, 5.74) is 4.64. The number of hydrogen-bond acceptors (Lipinski definition) is 3. The van der Waals surface area contributed by atoms with Crippen LogP contribution in [0, 0.1) is 11.8 Å². The number of hydrogen-bond donors (Lipinski definition) is 0. The number of rotatable bonds is 6. The summed E-state index contributed by atoms with van der Waals surface area (Å²) in [5, 5.41) is 7.59. The first-order chi connectivity index (χ1) is 13.8. The van der Waals surface area contributed by atoms with Gasteiger partial charge in [-0.3, -0.25) is 4.79 Å². The SMILES string of the molecule is CCCC(C)C(C)C(=O)C1=C(c2cc(Cl)cc(Cl)c2)N2N=CC=CC2=C(C)CC1. The van der Waals surface area contributed by atoms with Crippen LogP contribution in [0.4, 0.5) is 0 Å². The molecule has 0 radical (unpaired) electrons. The number of halogens is 2. The van der Waals surface area contributed by atoms with Crippen LogP contribution < -0.4 is 0 Å². The summed E-state index contributed by atoms with van der Waals surface area (Å²) in [4.78, 5) is 13.7. The van der Waals surface area contributed by atoms with Crippen molar-refractivity contribution in [2.24, 2.45) is 16.9 Å². The van der Waals surface area contributed by atoms with Crippen LogP contribution in [0.1, 0.15) is 58.9 Å². The summed E-state index contributed by atoms with van der Waals surface area (Å²) in [6.45, 7) is 8.47. The second kappa shape index (κ2) is 9.32.